The first-order chi connectivity index (χ1) is 12.6. The Morgan fingerprint density at radius 3 is 2.19 bits per heavy atom. The molecule has 1 aliphatic rings. The smallest absolute Gasteiger partial charge is 0.242 e. The number of anilines is 2. The monoisotopic (exact) mass is 355 g/mol. The number of hydrogen-bond acceptors (Lipinski definition) is 3. The zero-order valence-electron chi connectivity index (χ0n) is 14.8. The Bertz CT molecular complexity index is 774. The van der Waals surface area contributed by atoms with Gasteiger partial charge in [0.05, 0.1) is 5.69 Å². The molecule has 2 aromatic rings. The van der Waals surface area contributed by atoms with Crippen molar-refractivity contribution >= 4 is 23.2 Å². The van der Waals surface area contributed by atoms with Gasteiger partial charge in [-0.3, -0.25) is 9.59 Å². The molecular weight excluding hydrogens is 333 g/mol. The van der Waals surface area contributed by atoms with Crippen LogP contribution in [0.15, 0.2) is 54.6 Å². The summed E-state index contributed by atoms with van der Waals surface area (Å²) < 4.78 is 14.0. The maximum atomic E-state index is 14.0. The summed E-state index contributed by atoms with van der Waals surface area (Å²) in [5, 5.41) is 0. The third-order valence-electron chi connectivity index (χ3n) is 4.57. The van der Waals surface area contributed by atoms with Crippen molar-refractivity contribution in [3.63, 3.8) is 0 Å². The molecule has 5 nitrogen and oxygen atoms in total. The van der Waals surface area contributed by atoms with Gasteiger partial charge in [-0.15, -0.1) is 0 Å². The van der Waals surface area contributed by atoms with E-state index in [1.165, 1.54) is 24.0 Å². The summed E-state index contributed by atoms with van der Waals surface area (Å²) in [4.78, 5) is 29.7. The van der Waals surface area contributed by atoms with E-state index in [0.29, 0.717) is 13.1 Å². The number of amides is 2. The first-order valence-corrected chi connectivity index (χ1v) is 8.66. The van der Waals surface area contributed by atoms with E-state index < -0.39 is 5.82 Å². The highest BCUT2D eigenvalue weighted by atomic mass is 19.1. The molecule has 1 fully saturated rings. The van der Waals surface area contributed by atoms with Crippen LogP contribution >= 0.6 is 0 Å². The summed E-state index contributed by atoms with van der Waals surface area (Å²) in [6.07, 6.45) is 0. The molecule has 0 radical (unpaired) electrons. The van der Waals surface area contributed by atoms with Gasteiger partial charge in [-0.05, 0) is 24.3 Å². The van der Waals surface area contributed by atoms with E-state index in [4.69, 9.17) is 0 Å². The van der Waals surface area contributed by atoms with Crippen LogP contribution in [0.25, 0.3) is 0 Å². The van der Waals surface area contributed by atoms with E-state index in [0.717, 1.165) is 18.8 Å². The molecule has 0 atom stereocenters. The first-order valence-electron chi connectivity index (χ1n) is 8.66. The molecule has 1 heterocycles. The lowest BCUT2D eigenvalue weighted by atomic mass is 10.2. The molecule has 0 aromatic heterocycles. The molecule has 0 aliphatic carbocycles. The minimum absolute atomic E-state index is 0.135. The van der Waals surface area contributed by atoms with Crippen LogP contribution in [0.4, 0.5) is 15.8 Å². The fourth-order valence-corrected chi connectivity index (χ4v) is 3.12. The Morgan fingerprint density at radius 1 is 0.962 bits per heavy atom. The van der Waals surface area contributed by atoms with Gasteiger partial charge in [0, 0.05) is 38.8 Å². The molecule has 1 saturated heterocycles. The second kappa shape index (κ2) is 7.99. The van der Waals surface area contributed by atoms with Crippen molar-refractivity contribution in [1.29, 1.82) is 0 Å². The summed E-state index contributed by atoms with van der Waals surface area (Å²) in [5.41, 5.74) is 1.27. The zero-order valence-corrected chi connectivity index (χ0v) is 14.8. The Hall–Kier alpha value is -2.89. The third kappa shape index (κ3) is 4.02. The Morgan fingerprint density at radius 2 is 1.58 bits per heavy atom. The minimum atomic E-state index is -0.510. The molecule has 0 bridgehead atoms. The van der Waals surface area contributed by atoms with Gasteiger partial charge in [-0.1, -0.05) is 30.3 Å². The number of carbonyl (C=O) groups excluding carboxylic acids is 2. The molecule has 2 amide bonds. The Balaban J connectivity index is 1.63. The van der Waals surface area contributed by atoms with Gasteiger partial charge in [0.2, 0.25) is 11.8 Å². The molecule has 1 aliphatic heterocycles. The van der Waals surface area contributed by atoms with Gasteiger partial charge in [-0.2, -0.15) is 0 Å². The van der Waals surface area contributed by atoms with Crippen molar-refractivity contribution in [3.8, 4) is 0 Å². The van der Waals surface area contributed by atoms with Crippen molar-refractivity contribution in [2.24, 2.45) is 0 Å². The van der Waals surface area contributed by atoms with Crippen molar-refractivity contribution < 1.29 is 14.0 Å². The van der Waals surface area contributed by atoms with Crippen molar-refractivity contribution in [2.45, 2.75) is 6.92 Å². The second-order valence-corrected chi connectivity index (χ2v) is 6.26. The van der Waals surface area contributed by atoms with Crippen molar-refractivity contribution in [3.05, 3.63) is 60.4 Å². The van der Waals surface area contributed by atoms with E-state index in [2.05, 4.69) is 4.90 Å². The zero-order chi connectivity index (χ0) is 18.5. The molecule has 3 rings (SSSR count). The summed E-state index contributed by atoms with van der Waals surface area (Å²) in [6.45, 7) is 3.81. The van der Waals surface area contributed by atoms with E-state index in [1.807, 2.05) is 30.3 Å². The molecule has 2 aromatic carbocycles. The lowest BCUT2D eigenvalue weighted by molar-refractivity contribution is -0.131. The molecular formula is C20H22FN3O2. The number of hydrogen-bond donors (Lipinski definition) is 0. The van der Waals surface area contributed by atoms with Crippen LogP contribution in [0.2, 0.25) is 0 Å². The predicted molar refractivity (Wildman–Crippen MR) is 99.7 cm³/mol. The van der Waals surface area contributed by atoms with Crippen LogP contribution in [-0.2, 0) is 9.59 Å². The number of piperazine rings is 1. The second-order valence-electron chi connectivity index (χ2n) is 6.26. The summed E-state index contributed by atoms with van der Waals surface area (Å²) in [5.74, 6) is -1.04. The SMILES string of the molecule is CC(=O)N(CC(=O)N1CCN(c2ccccc2)CC1)c1ccccc1F. The maximum Gasteiger partial charge on any atom is 0.242 e. The van der Waals surface area contributed by atoms with Gasteiger partial charge in [-0.25, -0.2) is 4.39 Å². The molecule has 0 spiro atoms. The van der Waals surface area contributed by atoms with Gasteiger partial charge < -0.3 is 14.7 Å². The average Bonchev–Trinajstić information content (AvgIpc) is 2.67. The molecule has 0 saturated carbocycles. The van der Waals surface area contributed by atoms with Gasteiger partial charge >= 0.3 is 0 Å². The topological polar surface area (TPSA) is 43.9 Å². The van der Waals surface area contributed by atoms with E-state index in [9.17, 15) is 14.0 Å². The number of para-hydroxylation sites is 2. The standard InChI is InChI=1S/C20H22FN3O2/c1-16(25)24(19-10-6-5-9-18(19)21)15-20(26)23-13-11-22(12-14-23)17-7-3-2-4-8-17/h2-10H,11-15H2,1H3. The van der Waals surface area contributed by atoms with Gasteiger partial charge in [0.1, 0.15) is 12.4 Å². The van der Waals surface area contributed by atoms with Crippen LogP contribution in [0, 0.1) is 5.82 Å². The summed E-state index contributed by atoms with van der Waals surface area (Å²) >= 11 is 0. The molecule has 0 N–H and O–H groups in total. The van der Waals surface area contributed by atoms with E-state index in [1.54, 1.807) is 17.0 Å². The predicted octanol–water partition coefficient (Wildman–Crippen LogP) is 2.53. The Kier molecular flexibility index (Phi) is 5.51. The van der Waals surface area contributed by atoms with E-state index in [-0.39, 0.29) is 24.0 Å². The molecule has 0 unspecified atom stereocenters. The number of rotatable bonds is 4. The lowest BCUT2D eigenvalue weighted by Crippen LogP contribution is -2.52. The lowest BCUT2D eigenvalue weighted by Gasteiger charge is -2.37. The van der Waals surface area contributed by atoms with Crippen LogP contribution in [0.5, 0.6) is 0 Å². The highest BCUT2D eigenvalue weighted by Crippen LogP contribution is 2.20. The number of benzene rings is 2. The highest BCUT2D eigenvalue weighted by molar-refractivity contribution is 5.97. The van der Waals surface area contributed by atoms with Crippen LogP contribution < -0.4 is 9.80 Å². The van der Waals surface area contributed by atoms with Gasteiger partial charge in [0.25, 0.3) is 0 Å². The van der Waals surface area contributed by atoms with Crippen molar-refractivity contribution in [1.82, 2.24) is 4.90 Å². The molecule has 26 heavy (non-hydrogen) atoms. The normalized spacial score (nSPS) is 14.2. The quantitative estimate of drug-likeness (QED) is 0.847. The van der Waals surface area contributed by atoms with E-state index >= 15 is 0 Å². The number of halogens is 1. The minimum Gasteiger partial charge on any atom is -0.368 e. The fraction of sp³-hybridized carbons (Fsp3) is 0.300. The highest BCUT2D eigenvalue weighted by Gasteiger charge is 2.25. The summed E-state index contributed by atoms with van der Waals surface area (Å²) in [6, 6.07) is 16.1. The van der Waals surface area contributed by atoms with Gasteiger partial charge in [0.15, 0.2) is 0 Å². The van der Waals surface area contributed by atoms with Crippen molar-refractivity contribution in [2.75, 3.05) is 42.5 Å². The largest absolute Gasteiger partial charge is 0.368 e. The van der Waals surface area contributed by atoms with Crippen LogP contribution in [0.1, 0.15) is 6.92 Å². The van der Waals surface area contributed by atoms with Crippen LogP contribution in [0.3, 0.4) is 0 Å². The first kappa shape index (κ1) is 17.9. The van der Waals surface area contributed by atoms with Crippen LogP contribution in [-0.4, -0.2) is 49.4 Å². The number of nitrogens with zero attached hydrogens (tertiary/aromatic N) is 3. The maximum absolute atomic E-state index is 14.0. The summed E-state index contributed by atoms with van der Waals surface area (Å²) in [7, 11) is 0. The molecule has 6 heteroatoms. The average molecular weight is 355 g/mol. The fourth-order valence-electron chi connectivity index (χ4n) is 3.12. The third-order valence-corrected chi connectivity index (χ3v) is 4.57. The molecule has 136 valence electrons. The Labute approximate surface area is 152 Å². The number of carbonyl (C=O) groups is 2.